The van der Waals surface area contributed by atoms with Crippen LogP contribution in [-0.4, -0.2) is 23.0 Å². The summed E-state index contributed by atoms with van der Waals surface area (Å²) in [5, 5.41) is 1.74. The number of fused-ring (bicyclic) bond motifs is 1. The molecule has 2 unspecified atom stereocenters. The summed E-state index contributed by atoms with van der Waals surface area (Å²) < 4.78 is 15.2. The van der Waals surface area contributed by atoms with E-state index in [0.717, 1.165) is 10.5 Å². The summed E-state index contributed by atoms with van der Waals surface area (Å²) in [6, 6.07) is 0. The van der Waals surface area contributed by atoms with E-state index in [0.29, 0.717) is 0 Å². The molecule has 0 spiro atoms. The first-order chi connectivity index (χ1) is 14.2. The standard InChI is InChI=1S/C17H14S12/c1-18-8-9(19-2)23-12(22-8)13-26-16-17(27-13)29-15(28-16)14-24-10-11(25-14)21-7-5-3-4-6(7)20-10/h6-7H,3-5H2,1-2H3. The molecule has 0 aromatic carbocycles. The second-order valence-electron chi connectivity index (χ2n) is 6.34. The van der Waals surface area contributed by atoms with Crippen LogP contribution >= 0.6 is 141 Å². The van der Waals surface area contributed by atoms with Crippen LogP contribution in [0.25, 0.3) is 0 Å². The Morgan fingerprint density at radius 2 is 0.862 bits per heavy atom. The van der Waals surface area contributed by atoms with Crippen molar-refractivity contribution in [2.75, 3.05) is 12.5 Å². The van der Waals surface area contributed by atoms with E-state index in [2.05, 4.69) is 59.6 Å². The van der Waals surface area contributed by atoms with Crippen molar-refractivity contribution >= 4 is 141 Å². The molecule has 0 aromatic heterocycles. The van der Waals surface area contributed by atoms with Gasteiger partial charge in [0.05, 0.1) is 42.4 Å². The topological polar surface area (TPSA) is 0 Å². The normalized spacial score (nSPS) is 31.7. The van der Waals surface area contributed by atoms with Crippen molar-refractivity contribution in [2.24, 2.45) is 0 Å². The van der Waals surface area contributed by atoms with Gasteiger partial charge in [0, 0.05) is 10.5 Å². The summed E-state index contributed by atoms with van der Waals surface area (Å²) >= 11 is 24.2. The van der Waals surface area contributed by atoms with Crippen LogP contribution < -0.4 is 0 Å². The summed E-state index contributed by atoms with van der Waals surface area (Å²) in [5.41, 5.74) is 0. The van der Waals surface area contributed by atoms with Crippen LogP contribution in [0.15, 0.2) is 42.4 Å². The molecule has 0 N–H and O–H groups in total. The van der Waals surface area contributed by atoms with Gasteiger partial charge in [0.15, 0.2) is 0 Å². The van der Waals surface area contributed by atoms with E-state index in [1.54, 1.807) is 8.47 Å². The predicted octanol–water partition coefficient (Wildman–Crippen LogP) is 10.7. The Kier molecular flexibility index (Phi) is 7.33. The molecule has 29 heavy (non-hydrogen) atoms. The Hall–Kier alpha value is 2.90. The maximum Gasteiger partial charge on any atom is 0.0718 e. The van der Waals surface area contributed by atoms with Gasteiger partial charge in [0.1, 0.15) is 0 Å². The molecule has 1 aliphatic carbocycles. The highest BCUT2D eigenvalue weighted by Crippen LogP contribution is 2.74. The molecule has 12 heteroatoms. The van der Waals surface area contributed by atoms with Crippen molar-refractivity contribution in [1.29, 1.82) is 0 Å². The molecule has 6 aliphatic rings. The van der Waals surface area contributed by atoms with E-state index in [1.165, 1.54) is 53.2 Å². The Labute approximate surface area is 223 Å². The fourth-order valence-electron chi connectivity index (χ4n) is 3.30. The molecule has 1 saturated carbocycles. The molecule has 1 fully saturated rings. The summed E-state index contributed by atoms with van der Waals surface area (Å²) in [7, 11) is 0. The third-order valence-corrected chi connectivity index (χ3v) is 22.9. The minimum atomic E-state index is 0.871. The largest absolute Gasteiger partial charge is 0.121 e. The maximum absolute atomic E-state index is 2.19. The fourth-order valence-corrected chi connectivity index (χ4v) is 22.2. The van der Waals surface area contributed by atoms with E-state index in [-0.39, 0.29) is 0 Å². The zero-order chi connectivity index (χ0) is 19.5. The molecular formula is C17H14S12. The van der Waals surface area contributed by atoms with Gasteiger partial charge in [-0.15, -0.1) is 47.0 Å². The van der Waals surface area contributed by atoms with Crippen LogP contribution in [0.4, 0.5) is 0 Å². The number of hydrogen-bond donors (Lipinski definition) is 0. The van der Waals surface area contributed by atoms with Crippen LogP contribution in [0.5, 0.6) is 0 Å². The second kappa shape index (κ2) is 9.51. The van der Waals surface area contributed by atoms with Crippen LogP contribution in [-0.2, 0) is 0 Å². The third-order valence-electron chi connectivity index (χ3n) is 4.60. The number of thioether (sulfide) groups is 12. The molecule has 0 bridgehead atoms. The Morgan fingerprint density at radius 3 is 1.24 bits per heavy atom. The van der Waals surface area contributed by atoms with Crippen molar-refractivity contribution < 1.29 is 0 Å². The lowest BCUT2D eigenvalue weighted by Crippen LogP contribution is -2.14. The van der Waals surface area contributed by atoms with E-state index in [4.69, 9.17) is 0 Å². The Balaban J connectivity index is 1.13. The van der Waals surface area contributed by atoms with Gasteiger partial charge >= 0.3 is 0 Å². The van der Waals surface area contributed by atoms with Crippen molar-refractivity contribution in [3.05, 3.63) is 42.4 Å². The molecular weight excluding hydrogens is 589 g/mol. The Bertz CT molecular complexity index is 872. The molecule has 5 aliphatic heterocycles. The molecule has 154 valence electrons. The fraction of sp³-hybridized carbons (Fsp3) is 0.412. The van der Waals surface area contributed by atoms with Gasteiger partial charge in [-0.2, -0.15) is 0 Å². The highest BCUT2D eigenvalue weighted by Gasteiger charge is 2.41. The first kappa shape index (κ1) is 22.4. The average molecular weight is 603 g/mol. The summed E-state index contributed by atoms with van der Waals surface area (Å²) in [4.78, 5) is 0. The van der Waals surface area contributed by atoms with E-state index in [9.17, 15) is 0 Å². The van der Waals surface area contributed by atoms with Crippen molar-refractivity contribution in [2.45, 2.75) is 29.8 Å². The molecule has 0 radical (unpaired) electrons. The lowest BCUT2D eigenvalue weighted by Gasteiger charge is -2.24. The summed E-state index contributed by atoms with van der Waals surface area (Å²) in [6.45, 7) is 0. The van der Waals surface area contributed by atoms with Crippen LogP contribution in [0, 0.1) is 0 Å². The van der Waals surface area contributed by atoms with Crippen molar-refractivity contribution in [3.63, 3.8) is 0 Å². The SMILES string of the molecule is CSC1=C(SC)SC(=C2SC3=C(S2)SC(=C2SC4=C(S2)SC2CCCC2S4)S3)S1. The van der Waals surface area contributed by atoms with Gasteiger partial charge in [-0.1, -0.05) is 101 Å². The maximum atomic E-state index is 2.19. The van der Waals surface area contributed by atoms with Crippen LogP contribution in [0.2, 0.25) is 0 Å². The quantitative estimate of drug-likeness (QED) is 0.295. The van der Waals surface area contributed by atoms with Gasteiger partial charge < -0.3 is 0 Å². The van der Waals surface area contributed by atoms with Gasteiger partial charge in [-0.3, -0.25) is 0 Å². The van der Waals surface area contributed by atoms with Gasteiger partial charge in [0.25, 0.3) is 0 Å². The first-order valence-corrected chi connectivity index (χ1v) is 19.5. The van der Waals surface area contributed by atoms with Crippen molar-refractivity contribution in [3.8, 4) is 0 Å². The second-order valence-corrected chi connectivity index (χ2v) is 21.2. The van der Waals surface area contributed by atoms with Gasteiger partial charge in [0.2, 0.25) is 0 Å². The number of hydrogen-bond acceptors (Lipinski definition) is 12. The van der Waals surface area contributed by atoms with E-state index >= 15 is 0 Å². The predicted molar refractivity (Wildman–Crippen MR) is 159 cm³/mol. The Morgan fingerprint density at radius 1 is 0.517 bits per heavy atom. The van der Waals surface area contributed by atoms with Gasteiger partial charge in [-0.05, 0) is 25.4 Å². The zero-order valence-electron chi connectivity index (χ0n) is 15.2. The monoisotopic (exact) mass is 602 g/mol. The smallest absolute Gasteiger partial charge is 0.0718 e. The lowest BCUT2D eigenvalue weighted by atomic mass is 10.4. The van der Waals surface area contributed by atoms with Crippen molar-refractivity contribution in [1.82, 2.24) is 0 Å². The molecule has 2 atom stereocenters. The highest BCUT2D eigenvalue weighted by atomic mass is 32.3. The summed E-state index contributed by atoms with van der Waals surface area (Å²) in [5.74, 6) is 0. The average Bonchev–Trinajstić information content (AvgIpc) is 3.51. The molecule has 0 amide bonds. The third kappa shape index (κ3) is 4.36. The number of rotatable bonds is 2. The van der Waals surface area contributed by atoms with Crippen LogP contribution in [0.1, 0.15) is 19.3 Å². The lowest BCUT2D eigenvalue weighted by molar-refractivity contribution is 0.891. The molecule has 0 aromatic rings. The highest BCUT2D eigenvalue weighted by molar-refractivity contribution is 8.51. The molecule has 6 rings (SSSR count). The van der Waals surface area contributed by atoms with E-state index < -0.39 is 0 Å². The minimum Gasteiger partial charge on any atom is -0.121 e. The van der Waals surface area contributed by atoms with E-state index in [1.807, 2.05) is 94.1 Å². The molecule has 5 heterocycles. The molecule has 0 nitrogen and oxygen atoms in total. The first-order valence-electron chi connectivity index (χ1n) is 8.77. The zero-order valence-corrected chi connectivity index (χ0v) is 25.0. The van der Waals surface area contributed by atoms with Crippen LogP contribution in [0.3, 0.4) is 0 Å². The van der Waals surface area contributed by atoms with Gasteiger partial charge in [-0.25, -0.2) is 0 Å². The molecule has 0 saturated heterocycles. The summed E-state index contributed by atoms with van der Waals surface area (Å²) in [6.07, 6.45) is 8.65. The minimum absolute atomic E-state index is 0.871.